The molecule has 0 bridgehead atoms. The molecular formula is C12H20NO2S-. The lowest BCUT2D eigenvalue weighted by Gasteiger charge is -2.14. The summed E-state index contributed by atoms with van der Waals surface area (Å²) >= 11 is -2.36. The van der Waals surface area contributed by atoms with Crippen LogP contribution in [0.3, 0.4) is 0 Å². The van der Waals surface area contributed by atoms with Gasteiger partial charge in [-0.2, -0.15) is 0 Å². The largest absolute Gasteiger partial charge is 0.760 e. The summed E-state index contributed by atoms with van der Waals surface area (Å²) in [6, 6.07) is 8.72. The van der Waals surface area contributed by atoms with Crippen LogP contribution in [0.25, 0.3) is 0 Å². The lowest BCUT2D eigenvalue weighted by Crippen LogP contribution is -1.97. The number of hydrogen-bond acceptors (Lipinski definition) is 2. The van der Waals surface area contributed by atoms with Crippen LogP contribution in [0.4, 0.5) is 0 Å². The third-order valence-corrected chi connectivity index (χ3v) is 2.24. The summed E-state index contributed by atoms with van der Waals surface area (Å²) in [6.45, 7) is 9.00. The normalized spacial score (nSPS) is 12.2. The summed E-state index contributed by atoms with van der Waals surface area (Å²) in [5.41, 5.74) is 2.99. The molecule has 0 saturated heterocycles. The van der Waals surface area contributed by atoms with Gasteiger partial charge < -0.3 is 4.55 Å². The van der Waals surface area contributed by atoms with E-state index in [1.807, 2.05) is 0 Å². The van der Waals surface area contributed by atoms with Crippen LogP contribution in [-0.4, -0.2) is 8.76 Å². The Kier molecular flexibility index (Phi) is 7.21. The van der Waals surface area contributed by atoms with Gasteiger partial charge in [0.15, 0.2) is 0 Å². The van der Waals surface area contributed by atoms with Gasteiger partial charge in [-0.1, -0.05) is 52.0 Å². The zero-order valence-corrected chi connectivity index (χ0v) is 11.1. The number of nitrogens with two attached hydrogens (primary N) is 1. The average Bonchev–Trinajstić information content (AvgIpc) is 2.16. The summed E-state index contributed by atoms with van der Waals surface area (Å²) in [5, 5.41) is 4.03. The molecule has 1 unspecified atom stereocenters. The fraction of sp³-hybridized carbons (Fsp3) is 0.500. The molecule has 0 aliphatic heterocycles. The van der Waals surface area contributed by atoms with Crippen molar-refractivity contribution in [1.29, 1.82) is 0 Å². The lowest BCUT2D eigenvalue weighted by molar-refractivity contribution is 0.539. The van der Waals surface area contributed by atoms with Crippen molar-refractivity contribution in [3.8, 4) is 0 Å². The summed E-state index contributed by atoms with van der Waals surface area (Å²) in [5.74, 6) is 1.28. The standard InChI is InChI=1S/C12H18.H3NO2S/c1-9(2)11-7-5-6-8-12(11)10(3)4;1-4(2)3/h5-10H,1-4H3;1H2,(H,2,3)/p-1. The molecule has 0 amide bonds. The monoisotopic (exact) mass is 242 g/mol. The van der Waals surface area contributed by atoms with E-state index in [-0.39, 0.29) is 0 Å². The third kappa shape index (κ3) is 6.00. The minimum Gasteiger partial charge on any atom is -0.760 e. The predicted octanol–water partition coefficient (Wildman–Crippen LogP) is 2.67. The highest BCUT2D eigenvalue weighted by Gasteiger charge is 2.07. The van der Waals surface area contributed by atoms with Gasteiger partial charge >= 0.3 is 0 Å². The number of benzene rings is 1. The van der Waals surface area contributed by atoms with E-state index >= 15 is 0 Å². The van der Waals surface area contributed by atoms with Gasteiger partial charge in [0, 0.05) is 11.3 Å². The van der Waals surface area contributed by atoms with Crippen molar-refractivity contribution in [2.45, 2.75) is 39.5 Å². The van der Waals surface area contributed by atoms with Crippen molar-refractivity contribution in [3.63, 3.8) is 0 Å². The predicted molar refractivity (Wildman–Crippen MR) is 67.7 cm³/mol. The van der Waals surface area contributed by atoms with Gasteiger partial charge in [0.05, 0.1) is 0 Å². The van der Waals surface area contributed by atoms with E-state index in [0.29, 0.717) is 11.8 Å². The Morgan fingerprint density at radius 2 is 1.31 bits per heavy atom. The highest BCUT2D eigenvalue weighted by Crippen LogP contribution is 2.25. The summed E-state index contributed by atoms with van der Waals surface area (Å²) in [4.78, 5) is 0. The number of rotatable bonds is 2. The van der Waals surface area contributed by atoms with Crippen LogP contribution in [0.15, 0.2) is 24.3 Å². The molecule has 3 nitrogen and oxygen atoms in total. The first-order valence-corrected chi connectivity index (χ1v) is 6.42. The fourth-order valence-corrected chi connectivity index (χ4v) is 1.56. The van der Waals surface area contributed by atoms with Crippen molar-refractivity contribution in [3.05, 3.63) is 35.4 Å². The Bertz CT molecular complexity index is 307. The van der Waals surface area contributed by atoms with Crippen molar-refractivity contribution in [2.24, 2.45) is 5.14 Å². The molecule has 2 N–H and O–H groups in total. The van der Waals surface area contributed by atoms with E-state index < -0.39 is 11.3 Å². The summed E-state index contributed by atoms with van der Waals surface area (Å²) in [7, 11) is 0. The van der Waals surface area contributed by atoms with Crippen LogP contribution in [0.1, 0.15) is 50.7 Å². The van der Waals surface area contributed by atoms with E-state index in [2.05, 4.69) is 57.1 Å². The van der Waals surface area contributed by atoms with Crippen LogP contribution >= 0.6 is 0 Å². The molecule has 0 heterocycles. The van der Waals surface area contributed by atoms with Crippen molar-refractivity contribution in [2.75, 3.05) is 0 Å². The van der Waals surface area contributed by atoms with Crippen molar-refractivity contribution >= 4 is 11.3 Å². The summed E-state index contributed by atoms with van der Waals surface area (Å²) < 4.78 is 17.6. The SMILES string of the molecule is CC(C)c1ccccc1C(C)C.NS(=O)[O-]. The van der Waals surface area contributed by atoms with Gasteiger partial charge in [-0.15, -0.1) is 0 Å². The maximum atomic E-state index is 8.78. The van der Waals surface area contributed by atoms with E-state index in [0.717, 1.165) is 0 Å². The lowest BCUT2D eigenvalue weighted by atomic mass is 9.91. The van der Waals surface area contributed by atoms with Crippen LogP contribution in [-0.2, 0) is 11.3 Å². The molecule has 0 aromatic heterocycles. The molecule has 4 heteroatoms. The van der Waals surface area contributed by atoms with Gasteiger partial charge in [-0.05, 0) is 23.0 Å². The highest BCUT2D eigenvalue weighted by molar-refractivity contribution is 7.76. The molecule has 0 aliphatic rings. The Hall–Kier alpha value is -0.710. The Balaban J connectivity index is 0.000000487. The van der Waals surface area contributed by atoms with Crippen molar-refractivity contribution in [1.82, 2.24) is 0 Å². The number of hydrogen-bond donors (Lipinski definition) is 1. The maximum absolute atomic E-state index is 8.78. The van der Waals surface area contributed by atoms with Crippen LogP contribution in [0.2, 0.25) is 0 Å². The van der Waals surface area contributed by atoms with Gasteiger partial charge in [0.25, 0.3) is 0 Å². The fourth-order valence-electron chi connectivity index (χ4n) is 1.56. The zero-order valence-electron chi connectivity index (χ0n) is 10.3. The molecule has 0 fully saturated rings. The van der Waals surface area contributed by atoms with Crippen molar-refractivity contribution < 1.29 is 8.76 Å². The minimum atomic E-state index is -2.36. The molecule has 1 aromatic carbocycles. The molecule has 0 saturated carbocycles. The smallest absolute Gasteiger partial charge is 0.0152 e. The Morgan fingerprint density at radius 3 is 1.50 bits per heavy atom. The van der Waals surface area contributed by atoms with E-state index in [4.69, 9.17) is 8.76 Å². The Morgan fingerprint density at radius 1 is 1.06 bits per heavy atom. The Labute approximate surface area is 100 Å². The second kappa shape index (κ2) is 7.54. The first kappa shape index (κ1) is 15.3. The molecule has 0 spiro atoms. The molecule has 16 heavy (non-hydrogen) atoms. The molecule has 0 radical (unpaired) electrons. The first-order chi connectivity index (χ1) is 7.36. The second-order valence-electron chi connectivity index (χ2n) is 4.20. The van der Waals surface area contributed by atoms with Gasteiger partial charge in [0.2, 0.25) is 0 Å². The highest BCUT2D eigenvalue weighted by atomic mass is 32.2. The molecule has 0 aliphatic carbocycles. The van der Waals surface area contributed by atoms with Gasteiger partial charge in [-0.25, -0.2) is 0 Å². The van der Waals surface area contributed by atoms with Crippen LogP contribution < -0.4 is 5.14 Å². The van der Waals surface area contributed by atoms with E-state index in [9.17, 15) is 0 Å². The topological polar surface area (TPSA) is 66.2 Å². The van der Waals surface area contributed by atoms with Gasteiger partial charge in [0.1, 0.15) is 0 Å². The summed E-state index contributed by atoms with van der Waals surface area (Å²) in [6.07, 6.45) is 0. The quantitative estimate of drug-likeness (QED) is 0.810. The molecule has 1 aromatic rings. The first-order valence-electron chi connectivity index (χ1n) is 5.28. The third-order valence-electron chi connectivity index (χ3n) is 2.24. The maximum Gasteiger partial charge on any atom is 0.0152 e. The second-order valence-corrected chi connectivity index (χ2v) is 4.72. The molecule has 1 rings (SSSR count). The molecule has 92 valence electrons. The zero-order chi connectivity index (χ0) is 12.7. The molecular weight excluding hydrogens is 222 g/mol. The van der Waals surface area contributed by atoms with E-state index in [1.54, 1.807) is 0 Å². The minimum absolute atomic E-state index is 0.642. The average molecular weight is 242 g/mol. The van der Waals surface area contributed by atoms with Gasteiger partial charge in [-0.3, -0.25) is 9.35 Å². The van der Waals surface area contributed by atoms with Crippen LogP contribution in [0, 0.1) is 0 Å². The molecule has 1 atom stereocenters. The van der Waals surface area contributed by atoms with Crippen LogP contribution in [0.5, 0.6) is 0 Å². The van der Waals surface area contributed by atoms with E-state index in [1.165, 1.54) is 11.1 Å².